The van der Waals surface area contributed by atoms with Crippen molar-refractivity contribution < 1.29 is 17.7 Å². The number of halogens is 4. The van der Waals surface area contributed by atoms with Crippen LogP contribution in [-0.4, -0.2) is 22.9 Å². The summed E-state index contributed by atoms with van der Waals surface area (Å²) in [6, 6.07) is 0. The van der Waals surface area contributed by atoms with Gasteiger partial charge in [0.1, 0.15) is 0 Å². The third kappa shape index (κ3) is 4.80. The normalized spacial score (nSPS) is 13.3. The highest BCUT2D eigenvalue weighted by molar-refractivity contribution is 5.85. The lowest BCUT2D eigenvalue weighted by Crippen LogP contribution is -2.12. The molecule has 0 aliphatic carbocycles. The molecule has 0 aliphatic rings. The fourth-order valence-electron chi connectivity index (χ4n) is 1.13. The van der Waals surface area contributed by atoms with E-state index in [-0.39, 0.29) is 18.3 Å². The Balaban J connectivity index is 0.00000225. The molecule has 8 heteroatoms. The van der Waals surface area contributed by atoms with E-state index in [1.54, 1.807) is 0 Å². The number of hydrogen-bond donors (Lipinski definition) is 1. The molecule has 1 unspecified atom stereocenters. The second-order valence-electron chi connectivity index (χ2n) is 3.31. The predicted molar refractivity (Wildman–Crippen MR) is 53.4 cm³/mol. The molecule has 0 amide bonds. The molecular formula is C8H13ClF3N3O. The maximum Gasteiger partial charge on any atom is 0.389 e. The van der Waals surface area contributed by atoms with E-state index in [1.165, 1.54) is 6.92 Å². The molecule has 1 heterocycles. The molecule has 1 aromatic heterocycles. The van der Waals surface area contributed by atoms with E-state index in [2.05, 4.69) is 10.1 Å². The maximum atomic E-state index is 12.0. The minimum absolute atomic E-state index is 0. The minimum atomic E-state index is -4.22. The summed E-state index contributed by atoms with van der Waals surface area (Å²) in [4.78, 5) is 3.83. The van der Waals surface area contributed by atoms with Crippen LogP contribution in [0.4, 0.5) is 13.2 Å². The zero-order valence-corrected chi connectivity index (χ0v) is 9.44. The van der Waals surface area contributed by atoms with Crippen molar-refractivity contribution in [3.8, 4) is 0 Å². The van der Waals surface area contributed by atoms with E-state index in [0.717, 1.165) is 0 Å². The van der Waals surface area contributed by atoms with Crippen molar-refractivity contribution in [2.24, 2.45) is 5.73 Å². The molecule has 2 N–H and O–H groups in total. The Kier molecular flexibility index (Phi) is 5.74. The van der Waals surface area contributed by atoms with Crippen LogP contribution in [0.3, 0.4) is 0 Å². The first-order valence-corrected chi connectivity index (χ1v) is 4.51. The summed E-state index contributed by atoms with van der Waals surface area (Å²) >= 11 is 0. The largest absolute Gasteiger partial charge is 0.389 e. The highest BCUT2D eigenvalue weighted by atomic mass is 35.5. The SMILES string of the molecule is CC(CC(F)(F)F)c1nc(CCN)no1.Cl. The lowest BCUT2D eigenvalue weighted by Gasteiger charge is -2.09. The molecule has 0 radical (unpaired) electrons. The summed E-state index contributed by atoms with van der Waals surface area (Å²) in [5.74, 6) is -0.457. The number of nitrogens with zero attached hydrogens (tertiary/aromatic N) is 2. The molecule has 0 aliphatic heterocycles. The summed E-state index contributed by atoms with van der Waals surface area (Å²) in [6.07, 6.45) is -4.78. The van der Waals surface area contributed by atoms with Crippen molar-refractivity contribution in [1.29, 1.82) is 0 Å². The standard InChI is InChI=1S/C8H12F3N3O.ClH/c1-5(4-8(9,10)11)7-13-6(2-3-12)14-15-7;/h5H,2-4,12H2,1H3;1H. The van der Waals surface area contributed by atoms with Crippen LogP contribution < -0.4 is 5.73 Å². The average molecular weight is 260 g/mol. The summed E-state index contributed by atoms with van der Waals surface area (Å²) in [5, 5.41) is 3.52. The minimum Gasteiger partial charge on any atom is -0.339 e. The summed E-state index contributed by atoms with van der Waals surface area (Å²) < 4.78 is 40.8. The lowest BCUT2D eigenvalue weighted by molar-refractivity contribution is -0.139. The molecule has 16 heavy (non-hydrogen) atoms. The number of alkyl halides is 3. The highest BCUT2D eigenvalue weighted by Crippen LogP contribution is 2.29. The number of rotatable bonds is 4. The van der Waals surface area contributed by atoms with E-state index < -0.39 is 18.5 Å². The molecule has 0 saturated carbocycles. The van der Waals surface area contributed by atoms with Gasteiger partial charge in [0.15, 0.2) is 5.82 Å². The quantitative estimate of drug-likeness (QED) is 0.899. The van der Waals surface area contributed by atoms with Crippen molar-refractivity contribution in [1.82, 2.24) is 10.1 Å². The van der Waals surface area contributed by atoms with Gasteiger partial charge < -0.3 is 10.3 Å². The summed E-state index contributed by atoms with van der Waals surface area (Å²) in [5.41, 5.74) is 5.25. The Morgan fingerprint density at radius 3 is 2.56 bits per heavy atom. The van der Waals surface area contributed by atoms with Crippen LogP contribution in [0.1, 0.15) is 31.0 Å². The van der Waals surface area contributed by atoms with Crippen molar-refractivity contribution in [3.05, 3.63) is 11.7 Å². The van der Waals surface area contributed by atoms with Crippen molar-refractivity contribution in [3.63, 3.8) is 0 Å². The molecule has 0 fully saturated rings. The van der Waals surface area contributed by atoms with E-state index >= 15 is 0 Å². The smallest absolute Gasteiger partial charge is 0.339 e. The third-order valence-electron chi connectivity index (χ3n) is 1.81. The van der Waals surface area contributed by atoms with Gasteiger partial charge >= 0.3 is 6.18 Å². The van der Waals surface area contributed by atoms with Crippen molar-refractivity contribution in [2.75, 3.05) is 6.54 Å². The van der Waals surface area contributed by atoms with E-state index in [4.69, 9.17) is 10.3 Å². The van der Waals surface area contributed by atoms with Gasteiger partial charge in [-0.1, -0.05) is 12.1 Å². The van der Waals surface area contributed by atoms with Crippen molar-refractivity contribution >= 4 is 12.4 Å². The van der Waals surface area contributed by atoms with Crippen LogP contribution >= 0.6 is 12.4 Å². The first-order chi connectivity index (χ1) is 6.92. The molecule has 1 aromatic rings. The Morgan fingerprint density at radius 2 is 2.06 bits per heavy atom. The second-order valence-corrected chi connectivity index (χ2v) is 3.31. The molecule has 0 saturated heterocycles. The first kappa shape index (κ1) is 15.2. The average Bonchev–Trinajstić information content (AvgIpc) is 2.50. The molecule has 0 bridgehead atoms. The van der Waals surface area contributed by atoms with Crippen molar-refractivity contribution in [2.45, 2.75) is 31.9 Å². The Morgan fingerprint density at radius 1 is 1.44 bits per heavy atom. The van der Waals surface area contributed by atoms with Gasteiger partial charge in [0.05, 0.1) is 6.42 Å². The summed E-state index contributed by atoms with van der Waals surface area (Å²) in [6.45, 7) is 1.74. The van der Waals surface area contributed by atoms with Crippen LogP contribution in [0, 0.1) is 0 Å². The first-order valence-electron chi connectivity index (χ1n) is 4.51. The topological polar surface area (TPSA) is 64.9 Å². The Hall–Kier alpha value is -0.820. The van der Waals surface area contributed by atoms with Gasteiger partial charge in [-0.25, -0.2) is 0 Å². The number of nitrogens with two attached hydrogens (primary N) is 1. The predicted octanol–water partition coefficient (Wildman–Crippen LogP) is 2.05. The van der Waals surface area contributed by atoms with Gasteiger partial charge in [-0.2, -0.15) is 18.2 Å². The zero-order chi connectivity index (χ0) is 11.5. The van der Waals surface area contributed by atoms with E-state index in [9.17, 15) is 13.2 Å². The van der Waals surface area contributed by atoms with Gasteiger partial charge in [-0.05, 0) is 6.54 Å². The molecule has 0 aromatic carbocycles. The molecular weight excluding hydrogens is 247 g/mol. The molecule has 1 rings (SSSR count). The number of aromatic nitrogens is 2. The Bertz CT molecular complexity index is 316. The fraction of sp³-hybridized carbons (Fsp3) is 0.750. The molecule has 0 spiro atoms. The second kappa shape index (κ2) is 6.05. The van der Waals surface area contributed by atoms with Gasteiger partial charge in [0.25, 0.3) is 0 Å². The number of hydrogen-bond acceptors (Lipinski definition) is 4. The van der Waals surface area contributed by atoms with Crippen LogP contribution in [0.15, 0.2) is 4.52 Å². The van der Waals surface area contributed by atoms with E-state index in [0.29, 0.717) is 18.8 Å². The van der Waals surface area contributed by atoms with Gasteiger partial charge in [-0.3, -0.25) is 0 Å². The molecule has 94 valence electrons. The third-order valence-corrected chi connectivity index (χ3v) is 1.81. The summed E-state index contributed by atoms with van der Waals surface area (Å²) in [7, 11) is 0. The molecule has 1 atom stereocenters. The monoisotopic (exact) mass is 259 g/mol. The van der Waals surface area contributed by atoms with Crippen LogP contribution in [0.5, 0.6) is 0 Å². The Labute approximate surface area is 96.8 Å². The fourth-order valence-corrected chi connectivity index (χ4v) is 1.13. The van der Waals surface area contributed by atoms with Crippen LogP contribution in [-0.2, 0) is 6.42 Å². The highest BCUT2D eigenvalue weighted by Gasteiger charge is 2.32. The molecule has 4 nitrogen and oxygen atoms in total. The van der Waals surface area contributed by atoms with Gasteiger partial charge in [0, 0.05) is 12.3 Å². The van der Waals surface area contributed by atoms with Crippen LogP contribution in [0.25, 0.3) is 0 Å². The van der Waals surface area contributed by atoms with Gasteiger partial charge in [0.2, 0.25) is 5.89 Å². The maximum absolute atomic E-state index is 12.0. The zero-order valence-electron chi connectivity index (χ0n) is 8.62. The van der Waals surface area contributed by atoms with Crippen LogP contribution in [0.2, 0.25) is 0 Å². The van der Waals surface area contributed by atoms with Gasteiger partial charge in [-0.15, -0.1) is 12.4 Å². The lowest BCUT2D eigenvalue weighted by atomic mass is 10.1. The van der Waals surface area contributed by atoms with E-state index in [1.807, 2.05) is 0 Å².